The molecule has 7 nitrogen and oxygen atoms in total. The molecule has 2 bridgehead atoms. The van der Waals surface area contributed by atoms with Gasteiger partial charge in [-0.15, -0.1) is 0 Å². The molecule has 1 amide bonds. The molecule has 5 rings (SSSR count). The highest BCUT2D eigenvalue weighted by molar-refractivity contribution is 6.05. The number of carbonyl (C=O) groups is 1. The summed E-state index contributed by atoms with van der Waals surface area (Å²) in [5.74, 6) is 1.65. The number of amides is 1. The summed E-state index contributed by atoms with van der Waals surface area (Å²) in [4.78, 5) is 15.2. The summed E-state index contributed by atoms with van der Waals surface area (Å²) in [5.41, 5.74) is 1.16. The van der Waals surface area contributed by atoms with E-state index in [-0.39, 0.29) is 11.9 Å². The van der Waals surface area contributed by atoms with E-state index in [0.717, 1.165) is 43.4 Å². The highest BCUT2D eigenvalue weighted by Crippen LogP contribution is 2.33. The molecule has 2 aromatic rings. The molecular formula is C17H22N4O3. The van der Waals surface area contributed by atoms with Gasteiger partial charge >= 0.3 is 0 Å². The predicted octanol–water partition coefficient (Wildman–Crippen LogP) is 1.40. The van der Waals surface area contributed by atoms with Gasteiger partial charge in [0.1, 0.15) is 0 Å². The maximum absolute atomic E-state index is 12.7. The van der Waals surface area contributed by atoms with Crippen molar-refractivity contribution in [3.8, 4) is 11.5 Å². The van der Waals surface area contributed by atoms with Gasteiger partial charge in [0.15, 0.2) is 17.2 Å². The Kier molecular flexibility index (Phi) is 3.80. The number of hydrogen-bond donors (Lipinski definition) is 2. The number of nitrogens with one attached hydrogen (secondary N) is 2. The number of hydrogen-bond acceptors (Lipinski definition) is 5. The van der Waals surface area contributed by atoms with E-state index in [4.69, 9.17) is 9.47 Å². The molecule has 0 unspecified atom stereocenters. The number of aromatic nitrogens is 2. The summed E-state index contributed by atoms with van der Waals surface area (Å²) in [5, 5.41) is 11.0. The molecule has 3 aliphatic rings. The van der Waals surface area contributed by atoms with Crippen molar-refractivity contribution in [3.05, 3.63) is 17.8 Å². The number of fused-ring (bicyclic) bond motifs is 4. The Balaban J connectivity index is 1.60. The topological polar surface area (TPSA) is 79.5 Å². The van der Waals surface area contributed by atoms with E-state index in [1.807, 2.05) is 0 Å². The molecule has 0 spiro atoms. The second kappa shape index (κ2) is 5.98. The second-order valence-corrected chi connectivity index (χ2v) is 6.54. The van der Waals surface area contributed by atoms with Gasteiger partial charge in [-0.1, -0.05) is 0 Å². The molecule has 1 atom stereocenters. The van der Waals surface area contributed by atoms with Crippen LogP contribution in [-0.4, -0.2) is 60.9 Å². The minimum absolute atomic E-state index is 0.132. The van der Waals surface area contributed by atoms with Gasteiger partial charge in [-0.2, -0.15) is 5.10 Å². The van der Waals surface area contributed by atoms with Crippen LogP contribution in [0.2, 0.25) is 0 Å². The Hall–Kier alpha value is -2.28. The average molecular weight is 330 g/mol. The van der Waals surface area contributed by atoms with Crippen LogP contribution in [0.5, 0.6) is 11.5 Å². The van der Waals surface area contributed by atoms with Crippen LogP contribution in [0.25, 0.3) is 10.9 Å². The third-order valence-corrected chi connectivity index (χ3v) is 5.25. The lowest BCUT2D eigenvalue weighted by Gasteiger charge is -2.44. The Bertz CT molecular complexity index is 765. The van der Waals surface area contributed by atoms with Crippen LogP contribution < -0.4 is 14.8 Å². The van der Waals surface area contributed by atoms with E-state index in [2.05, 4.69) is 20.4 Å². The molecule has 128 valence electrons. The number of aromatic amines is 1. The Morgan fingerprint density at radius 2 is 1.96 bits per heavy atom. The molecule has 7 heteroatoms. The van der Waals surface area contributed by atoms with Crippen LogP contribution in [0.3, 0.4) is 0 Å². The van der Waals surface area contributed by atoms with Gasteiger partial charge < -0.3 is 19.7 Å². The number of benzene rings is 1. The normalized spacial score (nSPS) is 25.7. The van der Waals surface area contributed by atoms with Crippen molar-refractivity contribution in [1.82, 2.24) is 20.4 Å². The quantitative estimate of drug-likeness (QED) is 0.886. The van der Waals surface area contributed by atoms with Crippen molar-refractivity contribution in [1.29, 1.82) is 0 Å². The minimum Gasteiger partial charge on any atom is -0.493 e. The highest BCUT2D eigenvalue weighted by atomic mass is 16.5. The van der Waals surface area contributed by atoms with Crippen molar-refractivity contribution >= 4 is 16.8 Å². The fraction of sp³-hybridized carbons (Fsp3) is 0.529. The summed E-state index contributed by atoms with van der Waals surface area (Å²) < 4.78 is 10.6. The van der Waals surface area contributed by atoms with Gasteiger partial charge in [0.2, 0.25) is 0 Å². The Labute approximate surface area is 140 Å². The predicted molar refractivity (Wildman–Crippen MR) is 89.6 cm³/mol. The summed E-state index contributed by atoms with van der Waals surface area (Å²) >= 11 is 0. The third-order valence-electron chi connectivity index (χ3n) is 5.25. The maximum atomic E-state index is 12.7. The number of carbonyl (C=O) groups excluding carboxylic acids is 1. The molecular weight excluding hydrogens is 308 g/mol. The first kappa shape index (κ1) is 15.3. The number of nitrogens with zero attached hydrogens (tertiary/aromatic N) is 2. The summed E-state index contributed by atoms with van der Waals surface area (Å²) in [6, 6.07) is 3.81. The molecule has 0 radical (unpaired) electrons. The number of piperidine rings is 3. The molecule has 0 aliphatic carbocycles. The number of rotatable bonds is 4. The van der Waals surface area contributed by atoms with Gasteiger partial charge in [-0.05, 0) is 37.9 Å². The van der Waals surface area contributed by atoms with Crippen LogP contribution in [0.4, 0.5) is 0 Å². The van der Waals surface area contributed by atoms with E-state index in [0.29, 0.717) is 23.1 Å². The van der Waals surface area contributed by atoms with Crippen molar-refractivity contribution < 1.29 is 14.3 Å². The zero-order chi connectivity index (χ0) is 16.7. The maximum Gasteiger partial charge on any atom is 0.272 e. The van der Waals surface area contributed by atoms with Crippen LogP contribution in [0.1, 0.15) is 23.3 Å². The van der Waals surface area contributed by atoms with Crippen LogP contribution in [0, 0.1) is 5.92 Å². The zero-order valence-corrected chi connectivity index (χ0v) is 14.0. The fourth-order valence-electron chi connectivity index (χ4n) is 3.88. The molecule has 24 heavy (non-hydrogen) atoms. The van der Waals surface area contributed by atoms with Crippen LogP contribution in [0.15, 0.2) is 12.1 Å². The molecule has 2 N–H and O–H groups in total. The van der Waals surface area contributed by atoms with E-state index >= 15 is 0 Å². The smallest absolute Gasteiger partial charge is 0.272 e. The van der Waals surface area contributed by atoms with Gasteiger partial charge in [-0.3, -0.25) is 9.89 Å². The number of H-pyrrole nitrogens is 1. The third kappa shape index (κ3) is 2.49. The van der Waals surface area contributed by atoms with Crippen LogP contribution in [-0.2, 0) is 0 Å². The van der Waals surface area contributed by atoms with Gasteiger partial charge in [0.05, 0.1) is 19.7 Å². The first-order valence-electron chi connectivity index (χ1n) is 8.33. The summed E-state index contributed by atoms with van der Waals surface area (Å²) in [7, 11) is 3.16. The van der Waals surface area contributed by atoms with Gasteiger partial charge in [-0.25, -0.2) is 0 Å². The number of ether oxygens (including phenoxy) is 2. The highest BCUT2D eigenvalue weighted by Gasteiger charge is 2.35. The lowest BCUT2D eigenvalue weighted by Crippen LogP contribution is -2.57. The first-order chi connectivity index (χ1) is 11.7. The molecule has 3 fully saturated rings. The van der Waals surface area contributed by atoms with Crippen molar-refractivity contribution in [2.45, 2.75) is 18.9 Å². The largest absolute Gasteiger partial charge is 0.493 e. The molecule has 0 saturated carbocycles. The molecule has 4 heterocycles. The van der Waals surface area contributed by atoms with Gasteiger partial charge in [0, 0.05) is 24.0 Å². The molecule has 3 aliphatic heterocycles. The van der Waals surface area contributed by atoms with Crippen molar-refractivity contribution in [3.63, 3.8) is 0 Å². The average Bonchev–Trinajstić information content (AvgIpc) is 3.04. The van der Waals surface area contributed by atoms with Gasteiger partial charge in [0.25, 0.3) is 5.91 Å². The van der Waals surface area contributed by atoms with Crippen molar-refractivity contribution in [2.75, 3.05) is 33.9 Å². The monoisotopic (exact) mass is 330 g/mol. The van der Waals surface area contributed by atoms with E-state index in [9.17, 15) is 4.79 Å². The standard InChI is InChI=1S/C17H22N4O3/c1-23-14-7-11-12(8-15(14)24-2)19-20-16(11)17(22)18-13-9-21-5-3-10(13)4-6-21/h7-8,10,13H,3-6,9H2,1-2H3,(H,18,22)(H,19,20)/t13-/m1/s1. The van der Waals surface area contributed by atoms with E-state index in [1.165, 1.54) is 0 Å². The van der Waals surface area contributed by atoms with E-state index in [1.54, 1.807) is 26.4 Å². The van der Waals surface area contributed by atoms with E-state index < -0.39 is 0 Å². The fourth-order valence-corrected chi connectivity index (χ4v) is 3.88. The molecule has 3 saturated heterocycles. The lowest BCUT2D eigenvalue weighted by atomic mass is 9.84. The zero-order valence-electron chi connectivity index (χ0n) is 14.0. The Morgan fingerprint density at radius 3 is 2.58 bits per heavy atom. The summed E-state index contributed by atoms with van der Waals surface area (Å²) in [6.07, 6.45) is 2.33. The van der Waals surface area contributed by atoms with Crippen LogP contribution >= 0.6 is 0 Å². The minimum atomic E-state index is -0.132. The molecule has 1 aromatic carbocycles. The second-order valence-electron chi connectivity index (χ2n) is 6.54. The molecule has 1 aromatic heterocycles. The van der Waals surface area contributed by atoms with Crippen molar-refractivity contribution in [2.24, 2.45) is 5.92 Å². The summed E-state index contributed by atoms with van der Waals surface area (Å²) in [6.45, 7) is 3.24. The number of methoxy groups -OCH3 is 2. The first-order valence-corrected chi connectivity index (χ1v) is 8.33. The SMILES string of the molecule is COc1cc2[nH]nc(C(=O)N[C@@H]3CN4CCC3CC4)c2cc1OC. The lowest BCUT2D eigenvalue weighted by molar-refractivity contribution is 0.0618. The Morgan fingerprint density at radius 1 is 1.25 bits per heavy atom.